The number of phenols is 1. The lowest BCUT2D eigenvalue weighted by atomic mass is 10.0. The number of esters is 1. The Balaban J connectivity index is 3.06. The van der Waals surface area contributed by atoms with E-state index in [0.717, 1.165) is 13.2 Å². The van der Waals surface area contributed by atoms with Gasteiger partial charge in [0.25, 0.3) is 10.1 Å². The summed E-state index contributed by atoms with van der Waals surface area (Å²) in [4.78, 5) is 11.2. The fourth-order valence-corrected chi connectivity index (χ4v) is 2.70. The van der Waals surface area contributed by atoms with Gasteiger partial charge in [0, 0.05) is 17.1 Å². The van der Waals surface area contributed by atoms with Crippen LogP contribution in [-0.4, -0.2) is 31.2 Å². The number of nitrogen functional groups attached to an aromatic ring is 1. The molecule has 0 aromatic heterocycles. The largest absolute Gasteiger partial charge is 0.508 e. The number of hydrogen-bond acceptors (Lipinski definition) is 6. The van der Waals surface area contributed by atoms with Crippen molar-refractivity contribution in [2.75, 3.05) is 12.8 Å². The second-order valence-corrected chi connectivity index (χ2v) is 5.43. The molecule has 2 aromatic carbocycles. The summed E-state index contributed by atoms with van der Waals surface area (Å²) in [6.45, 7) is 0. The molecule has 0 unspecified atom stereocenters. The smallest absolute Gasteiger partial charge is 0.340 e. The molecule has 0 radical (unpaired) electrons. The minimum Gasteiger partial charge on any atom is -0.508 e. The zero-order valence-electron chi connectivity index (χ0n) is 10.3. The molecule has 0 fully saturated rings. The lowest BCUT2D eigenvalue weighted by molar-refractivity contribution is 0.0604. The monoisotopic (exact) mass is 297 g/mol. The van der Waals surface area contributed by atoms with E-state index in [9.17, 15) is 22.9 Å². The van der Waals surface area contributed by atoms with Gasteiger partial charge in [-0.2, -0.15) is 8.42 Å². The molecule has 7 nitrogen and oxygen atoms in total. The van der Waals surface area contributed by atoms with E-state index >= 15 is 0 Å². The molecule has 2 aromatic rings. The van der Waals surface area contributed by atoms with Gasteiger partial charge in [0.2, 0.25) is 0 Å². The van der Waals surface area contributed by atoms with E-state index in [4.69, 9.17) is 5.73 Å². The first-order chi connectivity index (χ1) is 9.25. The topological polar surface area (TPSA) is 127 Å². The molecule has 0 aliphatic carbocycles. The van der Waals surface area contributed by atoms with E-state index in [-0.39, 0.29) is 27.8 Å². The van der Waals surface area contributed by atoms with Crippen molar-refractivity contribution in [2.24, 2.45) is 0 Å². The Kier molecular flexibility index (Phi) is 3.28. The van der Waals surface area contributed by atoms with Crippen LogP contribution in [0.5, 0.6) is 5.75 Å². The van der Waals surface area contributed by atoms with Crippen molar-refractivity contribution in [2.45, 2.75) is 4.90 Å². The van der Waals surface area contributed by atoms with Crippen molar-refractivity contribution in [3.63, 3.8) is 0 Å². The molecule has 0 aliphatic rings. The van der Waals surface area contributed by atoms with Crippen LogP contribution in [0.1, 0.15) is 10.4 Å². The highest BCUT2D eigenvalue weighted by Gasteiger charge is 2.23. The first kappa shape index (κ1) is 14.1. The molecule has 8 heteroatoms. The number of benzene rings is 2. The molecular weight excluding hydrogens is 286 g/mol. The molecule has 0 spiro atoms. The maximum atomic E-state index is 11.8. The highest BCUT2D eigenvalue weighted by molar-refractivity contribution is 7.86. The van der Waals surface area contributed by atoms with Crippen LogP contribution in [0.2, 0.25) is 0 Å². The molecular formula is C12H11NO6S. The maximum absolute atomic E-state index is 11.8. The van der Waals surface area contributed by atoms with Crippen molar-refractivity contribution in [3.8, 4) is 5.75 Å². The summed E-state index contributed by atoms with van der Waals surface area (Å²) in [5.74, 6) is -1.21. The molecule has 0 bridgehead atoms. The zero-order valence-corrected chi connectivity index (χ0v) is 11.1. The van der Waals surface area contributed by atoms with E-state index in [1.54, 1.807) is 0 Å². The molecule has 106 valence electrons. The van der Waals surface area contributed by atoms with Crippen LogP contribution in [0.3, 0.4) is 0 Å². The van der Waals surface area contributed by atoms with E-state index in [1.807, 2.05) is 0 Å². The van der Waals surface area contributed by atoms with E-state index in [0.29, 0.717) is 0 Å². The Bertz CT molecular complexity index is 812. The van der Waals surface area contributed by atoms with Crippen molar-refractivity contribution in [3.05, 3.63) is 29.8 Å². The van der Waals surface area contributed by atoms with Crippen LogP contribution in [0, 0.1) is 0 Å². The molecule has 0 saturated heterocycles. The molecule has 0 atom stereocenters. The van der Waals surface area contributed by atoms with Crippen molar-refractivity contribution < 1.29 is 27.6 Å². The Morgan fingerprint density at radius 3 is 2.50 bits per heavy atom. The van der Waals surface area contributed by atoms with Crippen LogP contribution in [0.25, 0.3) is 10.8 Å². The maximum Gasteiger partial charge on any atom is 0.340 e. The standard InChI is InChI=1S/C12H11NO6S/c1-19-12(15)11-8(13)3-2-6-4-7(14)5-9(10(6)11)20(16,17)18/h2-5,14H,13H2,1H3,(H,16,17,18). The summed E-state index contributed by atoms with van der Waals surface area (Å²) in [7, 11) is -3.54. The molecule has 0 heterocycles. The number of hydrogen-bond donors (Lipinski definition) is 3. The molecule has 0 amide bonds. The summed E-state index contributed by atoms with van der Waals surface area (Å²) in [6.07, 6.45) is 0. The number of methoxy groups -OCH3 is 1. The van der Waals surface area contributed by atoms with Gasteiger partial charge in [0.1, 0.15) is 10.6 Å². The van der Waals surface area contributed by atoms with Gasteiger partial charge in [0.15, 0.2) is 0 Å². The second-order valence-electron chi connectivity index (χ2n) is 4.04. The highest BCUT2D eigenvalue weighted by Crippen LogP contribution is 2.33. The van der Waals surface area contributed by atoms with Gasteiger partial charge in [-0.15, -0.1) is 0 Å². The van der Waals surface area contributed by atoms with Crippen LogP contribution >= 0.6 is 0 Å². The lowest BCUT2D eigenvalue weighted by Crippen LogP contribution is -2.09. The zero-order chi connectivity index (χ0) is 15.1. The van der Waals surface area contributed by atoms with Crippen LogP contribution in [-0.2, 0) is 14.9 Å². The third-order valence-corrected chi connectivity index (χ3v) is 3.64. The summed E-state index contributed by atoms with van der Waals surface area (Å²) in [5, 5.41) is 9.64. The van der Waals surface area contributed by atoms with Crippen molar-refractivity contribution >= 4 is 32.5 Å². The number of fused-ring (bicyclic) bond motifs is 1. The third-order valence-electron chi connectivity index (χ3n) is 2.77. The van der Waals surface area contributed by atoms with Crippen LogP contribution in [0.4, 0.5) is 5.69 Å². The fourth-order valence-electron chi connectivity index (χ4n) is 1.95. The van der Waals surface area contributed by atoms with Crippen LogP contribution in [0.15, 0.2) is 29.2 Å². The lowest BCUT2D eigenvalue weighted by Gasteiger charge is -2.11. The summed E-state index contributed by atoms with van der Waals surface area (Å²) < 4.78 is 36.7. The van der Waals surface area contributed by atoms with Gasteiger partial charge < -0.3 is 15.6 Å². The average Bonchev–Trinajstić information content (AvgIpc) is 2.36. The van der Waals surface area contributed by atoms with Gasteiger partial charge in [-0.05, 0) is 17.5 Å². The van der Waals surface area contributed by atoms with E-state index in [2.05, 4.69) is 4.74 Å². The number of nitrogens with two attached hydrogens (primary N) is 1. The number of ether oxygens (including phenoxy) is 1. The SMILES string of the molecule is COC(=O)c1c(N)ccc2cc(O)cc(S(=O)(=O)O)c12. The molecule has 0 aliphatic heterocycles. The first-order valence-corrected chi connectivity index (χ1v) is 6.80. The van der Waals surface area contributed by atoms with Gasteiger partial charge >= 0.3 is 5.97 Å². The summed E-state index contributed by atoms with van der Waals surface area (Å²) in [6, 6.07) is 4.88. The minimum atomic E-state index is -4.66. The minimum absolute atomic E-state index is 0.0000557. The van der Waals surface area contributed by atoms with Gasteiger partial charge in [-0.1, -0.05) is 6.07 Å². The fraction of sp³-hybridized carbons (Fsp3) is 0.0833. The average molecular weight is 297 g/mol. The number of phenolic OH excluding ortho intramolecular Hbond substituents is 1. The van der Waals surface area contributed by atoms with E-state index < -0.39 is 21.0 Å². The molecule has 4 N–H and O–H groups in total. The molecule has 2 rings (SSSR count). The van der Waals surface area contributed by atoms with Crippen molar-refractivity contribution in [1.82, 2.24) is 0 Å². The first-order valence-electron chi connectivity index (χ1n) is 5.36. The Morgan fingerprint density at radius 2 is 1.95 bits per heavy atom. The summed E-state index contributed by atoms with van der Waals surface area (Å²) >= 11 is 0. The number of rotatable bonds is 2. The van der Waals surface area contributed by atoms with E-state index in [1.165, 1.54) is 18.2 Å². The predicted octanol–water partition coefficient (Wildman–Crippen LogP) is 1.16. The number of anilines is 1. The molecule has 0 saturated carbocycles. The summed E-state index contributed by atoms with van der Waals surface area (Å²) in [5.41, 5.74) is 5.49. The highest BCUT2D eigenvalue weighted by atomic mass is 32.2. The van der Waals surface area contributed by atoms with Gasteiger partial charge in [-0.3, -0.25) is 4.55 Å². The second kappa shape index (κ2) is 4.66. The van der Waals surface area contributed by atoms with Gasteiger partial charge in [-0.25, -0.2) is 4.79 Å². The predicted molar refractivity (Wildman–Crippen MR) is 71.2 cm³/mol. The number of aromatic hydroxyl groups is 1. The Labute approximate surface area is 114 Å². The van der Waals surface area contributed by atoms with Crippen LogP contribution < -0.4 is 5.73 Å². The third kappa shape index (κ3) is 2.26. The number of carbonyl (C=O) groups is 1. The quantitative estimate of drug-likeness (QED) is 0.431. The number of carbonyl (C=O) groups excluding carboxylic acids is 1. The van der Waals surface area contributed by atoms with Crippen molar-refractivity contribution in [1.29, 1.82) is 0 Å². The normalized spacial score (nSPS) is 11.5. The Morgan fingerprint density at radius 1 is 1.30 bits per heavy atom. The molecule has 20 heavy (non-hydrogen) atoms. The van der Waals surface area contributed by atoms with Gasteiger partial charge in [0.05, 0.1) is 12.7 Å². The Hall–Kier alpha value is -2.32.